The van der Waals surface area contributed by atoms with Crippen LogP contribution < -0.4 is 5.69 Å². The van der Waals surface area contributed by atoms with Crippen molar-refractivity contribution in [1.29, 1.82) is 0 Å². The van der Waals surface area contributed by atoms with E-state index in [0.717, 1.165) is 12.1 Å². The highest BCUT2D eigenvalue weighted by Gasteiger charge is 2.08. The van der Waals surface area contributed by atoms with Crippen molar-refractivity contribution in [2.24, 2.45) is 0 Å². The standard InChI is InChI=1S/C11H8F2N2O/c1-6-4-10(15-11(16)14-6)8-3-2-7(12)5-9(8)13/h2-5H,1H3,(H,14,15,16). The van der Waals surface area contributed by atoms with Crippen LogP contribution in [0.3, 0.4) is 0 Å². The van der Waals surface area contributed by atoms with E-state index in [9.17, 15) is 13.6 Å². The van der Waals surface area contributed by atoms with Crippen LogP contribution in [0.15, 0.2) is 29.1 Å². The molecule has 0 bridgehead atoms. The van der Waals surface area contributed by atoms with Crippen LogP contribution in [0, 0.1) is 18.6 Å². The summed E-state index contributed by atoms with van der Waals surface area (Å²) in [5.41, 5.74) is 0.312. The van der Waals surface area contributed by atoms with Crippen molar-refractivity contribution in [3.05, 3.63) is 52.1 Å². The van der Waals surface area contributed by atoms with Gasteiger partial charge in [-0.15, -0.1) is 0 Å². The number of nitrogens with zero attached hydrogens (tertiary/aromatic N) is 1. The zero-order valence-corrected chi connectivity index (χ0v) is 8.42. The maximum atomic E-state index is 13.4. The van der Waals surface area contributed by atoms with Gasteiger partial charge in [0.2, 0.25) is 0 Å². The second-order valence-corrected chi connectivity index (χ2v) is 3.38. The first-order chi connectivity index (χ1) is 7.56. The van der Waals surface area contributed by atoms with E-state index >= 15 is 0 Å². The average molecular weight is 222 g/mol. The minimum absolute atomic E-state index is 0.107. The van der Waals surface area contributed by atoms with Crippen molar-refractivity contribution in [1.82, 2.24) is 9.97 Å². The molecule has 0 aliphatic carbocycles. The molecular weight excluding hydrogens is 214 g/mol. The lowest BCUT2D eigenvalue weighted by atomic mass is 10.1. The van der Waals surface area contributed by atoms with Crippen molar-refractivity contribution >= 4 is 0 Å². The molecule has 0 unspecified atom stereocenters. The van der Waals surface area contributed by atoms with Crippen molar-refractivity contribution in [2.75, 3.05) is 0 Å². The highest BCUT2D eigenvalue weighted by molar-refractivity contribution is 5.59. The van der Waals surface area contributed by atoms with Crippen molar-refractivity contribution in [3.63, 3.8) is 0 Å². The van der Waals surface area contributed by atoms with Crippen molar-refractivity contribution < 1.29 is 8.78 Å². The SMILES string of the molecule is Cc1cc(-c2ccc(F)cc2F)nc(=O)[nH]1. The maximum absolute atomic E-state index is 13.4. The molecule has 0 atom stereocenters. The first-order valence-electron chi connectivity index (χ1n) is 4.59. The molecule has 0 saturated heterocycles. The maximum Gasteiger partial charge on any atom is 0.345 e. The number of aromatic nitrogens is 2. The number of halogens is 2. The van der Waals surface area contributed by atoms with Crippen LogP contribution in [0.4, 0.5) is 8.78 Å². The summed E-state index contributed by atoms with van der Waals surface area (Å²) in [7, 11) is 0. The minimum atomic E-state index is -0.738. The van der Waals surface area contributed by atoms with Crippen LogP contribution >= 0.6 is 0 Å². The molecule has 0 aliphatic rings. The minimum Gasteiger partial charge on any atom is -0.310 e. The van der Waals surface area contributed by atoms with Gasteiger partial charge in [0, 0.05) is 17.3 Å². The molecule has 82 valence electrons. The van der Waals surface area contributed by atoms with Gasteiger partial charge in [-0.3, -0.25) is 0 Å². The summed E-state index contributed by atoms with van der Waals surface area (Å²) in [5, 5.41) is 0. The third-order valence-corrected chi connectivity index (χ3v) is 2.09. The Morgan fingerprint density at radius 3 is 2.62 bits per heavy atom. The van der Waals surface area contributed by atoms with Gasteiger partial charge < -0.3 is 4.98 Å². The van der Waals surface area contributed by atoms with Gasteiger partial charge in [0.1, 0.15) is 11.6 Å². The summed E-state index contributed by atoms with van der Waals surface area (Å²) < 4.78 is 26.1. The molecule has 0 aliphatic heterocycles. The molecule has 0 spiro atoms. The molecule has 2 rings (SSSR count). The lowest BCUT2D eigenvalue weighted by Crippen LogP contribution is -2.12. The molecule has 1 heterocycles. The van der Waals surface area contributed by atoms with Crippen LogP contribution in [0.5, 0.6) is 0 Å². The Morgan fingerprint density at radius 1 is 1.25 bits per heavy atom. The van der Waals surface area contributed by atoms with Gasteiger partial charge in [-0.2, -0.15) is 4.98 Å². The fourth-order valence-electron chi connectivity index (χ4n) is 1.41. The van der Waals surface area contributed by atoms with Gasteiger partial charge in [0.15, 0.2) is 0 Å². The highest BCUT2D eigenvalue weighted by Crippen LogP contribution is 2.20. The number of aryl methyl sites for hydroxylation is 1. The Balaban J connectivity index is 2.63. The second-order valence-electron chi connectivity index (χ2n) is 3.38. The van der Waals surface area contributed by atoms with Gasteiger partial charge in [-0.1, -0.05) is 0 Å². The van der Waals surface area contributed by atoms with Crippen molar-refractivity contribution in [3.8, 4) is 11.3 Å². The van der Waals surface area contributed by atoms with E-state index in [1.165, 1.54) is 12.1 Å². The molecule has 3 nitrogen and oxygen atoms in total. The fourth-order valence-corrected chi connectivity index (χ4v) is 1.41. The van der Waals surface area contributed by atoms with Gasteiger partial charge in [-0.25, -0.2) is 13.6 Å². The molecule has 0 amide bonds. The Morgan fingerprint density at radius 2 is 2.00 bits per heavy atom. The fraction of sp³-hybridized carbons (Fsp3) is 0.0909. The van der Waals surface area contributed by atoms with Crippen molar-refractivity contribution in [2.45, 2.75) is 6.92 Å². The summed E-state index contributed by atoms with van der Waals surface area (Å²) >= 11 is 0. The van der Waals surface area contributed by atoms with E-state index in [1.807, 2.05) is 0 Å². The molecular formula is C11H8F2N2O. The number of nitrogens with one attached hydrogen (secondary N) is 1. The van der Waals surface area contributed by atoms with Crippen LogP contribution in [0.1, 0.15) is 5.69 Å². The van der Waals surface area contributed by atoms with Crippen LogP contribution in [0.2, 0.25) is 0 Å². The smallest absolute Gasteiger partial charge is 0.310 e. The largest absolute Gasteiger partial charge is 0.345 e. The quantitative estimate of drug-likeness (QED) is 0.802. The molecule has 2 aromatic rings. The van der Waals surface area contributed by atoms with E-state index in [-0.39, 0.29) is 11.3 Å². The summed E-state index contributed by atoms with van der Waals surface area (Å²) in [4.78, 5) is 17.2. The number of rotatable bonds is 1. The molecule has 1 N–H and O–H groups in total. The molecule has 0 radical (unpaired) electrons. The second kappa shape index (κ2) is 3.84. The van der Waals surface area contributed by atoms with Crippen LogP contribution in [-0.2, 0) is 0 Å². The van der Waals surface area contributed by atoms with E-state index in [4.69, 9.17) is 0 Å². The molecule has 1 aromatic carbocycles. The number of benzene rings is 1. The molecule has 16 heavy (non-hydrogen) atoms. The topological polar surface area (TPSA) is 45.8 Å². The predicted molar refractivity (Wildman–Crippen MR) is 54.9 cm³/mol. The zero-order valence-electron chi connectivity index (χ0n) is 8.42. The number of aromatic amines is 1. The Bertz CT molecular complexity index is 593. The lowest BCUT2D eigenvalue weighted by molar-refractivity contribution is 0.585. The first kappa shape index (κ1) is 10.5. The number of hydrogen-bond donors (Lipinski definition) is 1. The van der Waals surface area contributed by atoms with Crippen LogP contribution in [0.25, 0.3) is 11.3 Å². The van der Waals surface area contributed by atoms with Gasteiger partial charge in [-0.05, 0) is 25.1 Å². The predicted octanol–water partition coefficient (Wildman–Crippen LogP) is 2.02. The van der Waals surface area contributed by atoms with E-state index in [0.29, 0.717) is 5.69 Å². The third kappa shape index (κ3) is 1.98. The van der Waals surface area contributed by atoms with E-state index in [1.54, 1.807) is 6.92 Å². The van der Waals surface area contributed by atoms with Gasteiger partial charge in [0.25, 0.3) is 0 Å². The molecule has 0 fully saturated rings. The Hall–Kier alpha value is -2.04. The van der Waals surface area contributed by atoms with Gasteiger partial charge in [0.05, 0.1) is 5.69 Å². The summed E-state index contributed by atoms with van der Waals surface area (Å²) in [5.74, 6) is -1.40. The molecule has 0 saturated carbocycles. The molecule has 5 heteroatoms. The normalized spacial score (nSPS) is 10.4. The first-order valence-corrected chi connectivity index (χ1v) is 4.59. The monoisotopic (exact) mass is 222 g/mol. The summed E-state index contributed by atoms with van der Waals surface area (Å²) in [6.45, 7) is 1.66. The zero-order chi connectivity index (χ0) is 11.7. The molecule has 1 aromatic heterocycles. The Labute approximate surface area is 89.8 Å². The van der Waals surface area contributed by atoms with Crippen LogP contribution in [-0.4, -0.2) is 9.97 Å². The highest BCUT2D eigenvalue weighted by atomic mass is 19.1. The Kier molecular flexibility index (Phi) is 2.52. The summed E-state index contributed by atoms with van der Waals surface area (Å²) in [6, 6.07) is 4.66. The lowest BCUT2D eigenvalue weighted by Gasteiger charge is -2.02. The third-order valence-electron chi connectivity index (χ3n) is 2.09. The number of hydrogen-bond acceptors (Lipinski definition) is 2. The summed E-state index contributed by atoms with van der Waals surface area (Å²) in [6.07, 6.45) is 0. The van der Waals surface area contributed by atoms with E-state index < -0.39 is 17.3 Å². The average Bonchev–Trinajstić information content (AvgIpc) is 2.15. The number of H-pyrrole nitrogens is 1. The van der Waals surface area contributed by atoms with E-state index in [2.05, 4.69) is 9.97 Å². The van der Waals surface area contributed by atoms with Gasteiger partial charge >= 0.3 is 5.69 Å².